The highest BCUT2D eigenvalue weighted by atomic mass is 32.1. The number of anilines is 2. The van der Waals surface area contributed by atoms with E-state index in [1.54, 1.807) is 17.5 Å². The van der Waals surface area contributed by atoms with Crippen LogP contribution in [0.4, 0.5) is 11.6 Å². The Bertz CT molecular complexity index is 658. The number of nitrogens with one attached hydrogen (secondary N) is 2. The van der Waals surface area contributed by atoms with Crippen LogP contribution in [0.3, 0.4) is 0 Å². The molecule has 6 heteroatoms. The predicted octanol–water partition coefficient (Wildman–Crippen LogP) is 2.77. The van der Waals surface area contributed by atoms with Crippen molar-refractivity contribution < 1.29 is 0 Å². The fraction of sp³-hybridized carbons (Fsp3) is 0.167. The smallest absolute Gasteiger partial charge is 0.201 e. The van der Waals surface area contributed by atoms with Crippen LogP contribution in [-0.4, -0.2) is 15.0 Å². The van der Waals surface area contributed by atoms with Crippen LogP contribution in [0.5, 0.6) is 0 Å². The van der Waals surface area contributed by atoms with Gasteiger partial charge in [0.05, 0.1) is 17.1 Å². The van der Waals surface area contributed by atoms with E-state index in [1.165, 1.54) is 0 Å². The van der Waals surface area contributed by atoms with E-state index >= 15 is 0 Å². The summed E-state index contributed by atoms with van der Waals surface area (Å²) >= 11 is 1.62. The number of rotatable bonds is 3. The first-order valence-corrected chi connectivity index (χ1v) is 6.51. The van der Waals surface area contributed by atoms with Crippen molar-refractivity contribution in [3.8, 4) is 0 Å². The average molecular weight is 259 g/mol. The highest BCUT2D eigenvalue weighted by molar-refractivity contribution is 7.09. The largest absolute Gasteiger partial charge is 0.399 e. The summed E-state index contributed by atoms with van der Waals surface area (Å²) in [6, 6.07) is 5.75. The van der Waals surface area contributed by atoms with Gasteiger partial charge in [-0.1, -0.05) is 0 Å². The molecule has 1 atom stereocenters. The number of fused-ring (bicyclic) bond motifs is 1. The summed E-state index contributed by atoms with van der Waals surface area (Å²) in [6.45, 7) is 2.06. The van der Waals surface area contributed by atoms with E-state index in [-0.39, 0.29) is 6.04 Å². The van der Waals surface area contributed by atoms with Crippen molar-refractivity contribution >= 4 is 34.0 Å². The molecule has 1 aromatic carbocycles. The Morgan fingerprint density at radius 1 is 1.44 bits per heavy atom. The van der Waals surface area contributed by atoms with Gasteiger partial charge in [-0.25, -0.2) is 9.97 Å². The molecule has 2 aromatic heterocycles. The Labute approximate surface area is 108 Å². The highest BCUT2D eigenvalue weighted by Crippen LogP contribution is 2.22. The van der Waals surface area contributed by atoms with Crippen LogP contribution in [0.15, 0.2) is 29.8 Å². The fourth-order valence-electron chi connectivity index (χ4n) is 1.81. The van der Waals surface area contributed by atoms with Crippen molar-refractivity contribution in [1.29, 1.82) is 0 Å². The van der Waals surface area contributed by atoms with Gasteiger partial charge in [-0.05, 0) is 25.1 Å². The third-order valence-electron chi connectivity index (χ3n) is 2.68. The SMILES string of the molecule is CC(Nc1nc2ccc(N)cc2[nH]1)c1nccs1. The van der Waals surface area contributed by atoms with Crippen LogP contribution in [0, 0.1) is 0 Å². The Kier molecular flexibility index (Phi) is 2.64. The summed E-state index contributed by atoms with van der Waals surface area (Å²) in [5.41, 5.74) is 8.30. The summed E-state index contributed by atoms with van der Waals surface area (Å²) in [4.78, 5) is 11.9. The molecular weight excluding hydrogens is 246 g/mol. The van der Waals surface area contributed by atoms with Crippen LogP contribution in [-0.2, 0) is 0 Å². The van der Waals surface area contributed by atoms with E-state index in [4.69, 9.17) is 5.73 Å². The number of hydrogen-bond donors (Lipinski definition) is 3. The van der Waals surface area contributed by atoms with Gasteiger partial charge in [0.1, 0.15) is 5.01 Å². The predicted molar refractivity (Wildman–Crippen MR) is 74.7 cm³/mol. The molecule has 5 nitrogen and oxygen atoms in total. The van der Waals surface area contributed by atoms with Crippen molar-refractivity contribution in [3.63, 3.8) is 0 Å². The van der Waals surface area contributed by atoms with E-state index in [1.807, 2.05) is 23.6 Å². The molecule has 0 saturated heterocycles. The molecule has 4 N–H and O–H groups in total. The van der Waals surface area contributed by atoms with Gasteiger partial charge in [0, 0.05) is 17.3 Å². The van der Waals surface area contributed by atoms with Gasteiger partial charge in [-0.3, -0.25) is 0 Å². The summed E-state index contributed by atoms with van der Waals surface area (Å²) in [5, 5.41) is 6.30. The Balaban J connectivity index is 1.86. The first kappa shape index (κ1) is 11.0. The second-order valence-corrected chi connectivity index (χ2v) is 5.02. The number of nitrogen functional groups attached to an aromatic ring is 1. The second-order valence-electron chi connectivity index (χ2n) is 4.10. The van der Waals surface area contributed by atoms with Gasteiger partial charge in [0.15, 0.2) is 0 Å². The molecule has 0 aliphatic carbocycles. The second kappa shape index (κ2) is 4.30. The molecular formula is C12H13N5S. The normalized spacial score (nSPS) is 12.7. The zero-order chi connectivity index (χ0) is 12.5. The average Bonchev–Trinajstić information content (AvgIpc) is 2.95. The standard InChI is InChI=1S/C12H13N5S/c1-7(11-14-4-5-18-11)15-12-16-9-3-2-8(13)6-10(9)17-12/h2-7H,13H2,1H3,(H2,15,16,17). The zero-order valence-corrected chi connectivity index (χ0v) is 10.7. The number of nitrogens with two attached hydrogens (primary N) is 1. The number of aromatic nitrogens is 3. The molecule has 0 amide bonds. The quantitative estimate of drug-likeness (QED) is 0.632. The Hall–Kier alpha value is -2.08. The maximum atomic E-state index is 5.74. The molecule has 92 valence electrons. The van der Waals surface area contributed by atoms with Crippen LogP contribution in [0.2, 0.25) is 0 Å². The highest BCUT2D eigenvalue weighted by Gasteiger charge is 2.10. The number of benzene rings is 1. The van der Waals surface area contributed by atoms with Gasteiger partial charge in [0.25, 0.3) is 0 Å². The van der Waals surface area contributed by atoms with Crippen molar-refractivity contribution in [3.05, 3.63) is 34.8 Å². The molecule has 0 radical (unpaired) electrons. The molecule has 3 rings (SSSR count). The van der Waals surface area contributed by atoms with E-state index in [9.17, 15) is 0 Å². The summed E-state index contributed by atoms with van der Waals surface area (Å²) in [6.07, 6.45) is 1.80. The summed E-state index contributed by atoms with van der Waals surface area (Å²) in [7, 11) is 0. The number of imidazole rings is 1. The van der Waals surface area contributed by atoms with E-state index < -0.39 is 0 Å². The lowest BCUT2D eigenvalue weighted by Gasteiger charge is -2.08. The Morgan fingerprint density at radius 2 is 2.33 bits per heavy atom. The number of thiazole rings is 1. The van der Waals surface area contributed by atoms with E-state index in [2.05, 4.69) is 27.2 Å². The van der Waals surface area contributed by atoms with Crippen molar-refractivity contribution in [1.82, 2.24) is 15.0 Å². The molecule has 0 spiro atoms. The van der Waals surface area contributed by atoms with Crippen LogP contribution in [0.25, 0.3) is 11.0 Å². The first-order chi connectivity index (χ1) is 8.72. The van der Waals surface area contributed by atoms with Crippen LogP contribution in [0.1, 0.15) is 18.0 Å². The maximum Gasteiger partial charge on any atom is 0.201 e. The molecule has 0 fully saturated rings. The molecule has 2 heterocycles. The molecule has 1 unspecified atom stereocenters. The number of aromatic amines is 1. The third kappa shape index (κ3) is 2.02. The summed E-state index contributed by atoms with van der Waals surface area (Å²) in [5.74, 6) is 0.735. The first-order valence-electron chi connectivity index (χ1n) is 5.63. The van der Waals surface area contributed by atoms with Crippen molar-refractivity contribution in [2.45, 2.75) is 13.0 Å². The minimum Gasteiger partial charge on any atom is -0.399 e. The molecule has 0 aliphatic heterocycles. The molecule has 0 saturated carbocycles. The van der Waals surface area contributed by atoms with Crippen molar-refractivity contribution in [2.75, 3.05) is 11.1 Å². The zero-order valence-electron chi connectivity index (χ0n) is 9.84. The minimum atomic E-state index is 0.128. The molecule has 18 heavy (non-hydrogen) atoms. The lowest BCUT2D eigenvalue weighted by atomic mass is 10.3. The van der Waals surface area contributed by atoms with E-state index in [0.717, 1.165) is 27.7 Å². The minimum absolute atomic E-state index is 0.128. The van der Waals surface area contributed by atoms with Crippen LogP contribution >= 0.6 is 11.3 Å². The van der Waals surface area contributed by atoms with Gasteiger partial charge in [0.2, 0.25) is 5.95 Å². The van der Waals surface area contributed by atoms with Gasteiger partial charge in [-0.15, -0.1) is 11.3 Å². The molecule has 0 aliphatic rings. The maximum absolute atomic E-state index is 5.74. The number of nitrogens with zero attached hydrogens (tertiary/aromatic N) is 2. The number of H-pyrrole nitrogens is 1. The van der Waals surface area contributed by atoms with Crippen molar-refractivity contribution in [2.24, 2.45) is 0 Å². The van der Waals surface area contributed by atoms with Gasteiger partial charge >= 0.3 is 0 Å². The fourth-order valence-corrected chi connectivity index (χ4v) is 2.46. The monoisotopic (exact) mass is 259 g/mol. The van der Waals surface area contributed by atoms with Gasteiger partial charge < -0.3 is 16.0 Å². The lowest BCUT2D eigenvalue weighted by molar-refractivity contribution is 0.855. The third-order valence-corrected chi connectivity index (χ3v) is 3.64. The van der Waals surface area contributed by atoms with E-state index in [0.29, 0.717) is 0 Å². The van der Waals surface area contributed by atoms with Gasteiger partial charge in [-0.2, -0.15) is 0 Å². The number of hydrogen-bond acceptors (Lipinski definition) is 5. The topological polar surface area (TPSA) is 79.6 Å². The lowest BCUT2D eigenvalue weighted by Crippen LogP contribution is -2.07. The Morgan fingerprint density at radius 3 is 3.11 bits per heavy atom. The molecule has 0 bridgehead atoms. The van der Waals surface area contributed by atoms with Crippen LogP contribution < -0.4 is 11.1 Å². The molecule has 3 aromatic rings. The summed E-state index contributed by atoms with van der Waals surface area (Å²) < 4.78 is 0.